The van der Waals surface area contributed by atoms with Crippen LogP contribution in [0.25, 0.3) is 0 Å². The monoisotopic (exact) mass is 348 g/mol. The summed E-state index contributed by atoms with van der Waals surface area (Å²) in [6, 6.07) is 2.39. The molecule has 1 aliphatic heterocycles. The quantitative estimate of drug-likeness (QED) is 0.925. The highest BCUT2D eigenvalue weighted by Gasteiger charge is 2.38. The molecule has 1 saturated heterocycles. The summed E-state index contributed by atoms with van der Waals surface area (Å²) in [7, 11) is 0. The van der Waals surface area contributed by atoms with Gasteiger partial charge in [-0.05, 0) is 37.5 Å². The molecule has 132 valence electrons. The van der Waals surface area contributed by atoms with Crippen LogP contribution in [-0.2, 0) is 0 Å². The molecular formula is C18H18F2N2O3. The first kappa shape index (κ1) is 16.2. The molecule has 2 aliphatic rings. The third-order valence-corrected chi connectivity index (χ3v) is 5.05. The van der Waals surface area contributed by atoms with Crippen molar-refractivity contribution in [1.29, 1.82) is 0 Å². The average Bonchev–Trinajstić information content (AvgIpc) is 3.14. The highest BCUT2D eigenvalue weighted by molar-refractivity contribution is 5.92. The maximum Gasteiger partial charge on any atom is 0.276 e. The zero-order valence-corrected chi connectivity index (χ0v) is 13.5. The summed E-state index contributed by atoms with van der Waals surface area (Å²) in [6.07, 6.45) is 3.77. The second kappa shape index (κ2) is 6.22. The number of likely N-dealkylation sites (tertiary alicyclic amines) is 1. The van der Waals surface area contributed by atoms with Gasteiger partial charge < -0.3 is 14.4 Å². The van der Waals surface area contributed by atoms with E-state index in [1.54, 1.807) is 0 Å². The second-order valence-corrected chi connectivity index (χ2v) is 6.73. The molecule has 1 aromatic carbocycles. The van der Waals surface area contributed by atoms with Crippen LogP contribution in [-0.4, -0.2) is 33.5 Å². The van der Waals surface area contributed by atoms with Crippen molar-refractivity contribution in [3.8, 4) is 0 Å². The number of hydrogen-bond acceptors (Lipinski definition) is 4. The number of benzene rings is 1. The van der Waals surface area contributed by atoms with E-state index in [0.717, 1.165) is 37.5 Å². The Labute approximate surface area is 143 Å². The van der Waals surface area contributed by atoms with Crippen molar-refractivity contribution in [3.05, 3.63) is 53.2 Å². The van der Waals surface area contributed by atoms with Crippen molar-refractivity contribution >= 4 is 5.91 Å². The number of rotatable bonds is 3. The molecular weight excluding hydrogens is 330 g/mol. The number of β-amino-alcohol motifs (C(OH)–C–C–N with tert-alkyl or cyclic N) is 1. The van der Waals surface area contributed by atoms with Crippen molar-refractivity contribution in [2.75, 3.05) is 6.54 Å². The first-order valence-electron chi connectivity index (χ1n) is 8.42. The van der Waals surface area contributed by atoms with E-state index in [1.807, 2.05) is 0 Å². The van der Waals surface area contributed by atoms with Crippen molar-refractivity contribution < 1.29 is 23.1 Å². The van der Waals surface area contributed by atoms with Gasteiger partial charge in [-0.15, -0.1) is 0 Å². The maximum absolute atomic E-state index is 14.1. The SMILES string of the molecule is O=C(c1coc(C2CCC2)n1)N1CC(O)CC1c1cc(F)ccc1F. The minimum atomic E-state index is -0.797. The molecule has 2 atom stereocenters. The van der Waals surface area contributed by atoms with E-state index in [4.69, 9.17) is 4.42 Å². The van der Waals surface area contributed by atoms with E-state index in [9.17, 15) is 18.7 Å². The number of oxazole rings is 1. The van der Waals surface area contributed by atoms with Crippen molar-refractivity contribution in [2.24, 2.45) is 0 Å². The predicted octanol–water partition coefficient (Wildman–Crippen LogP) is 3.17. The van der Waals surface area contributed by atoms with E-state index in [0.29, 0.717) is 5.89 Å². The molecule has 2 heterocycles. The average molecular weight is 348 g/mol. The third-order valence-electron chi connectivity index (χ3n) is 5.05. The number of carbonyl (C=O) groups is 1. The Hall–Kier alpha value is -2.28. The van der Waals surface area contributed by atoms with Crippen molar-refractivity contribution in [1.82, 2.24) is 9.88 Å². The van der Waals surface area contributed by atoms with Gasteiger partial charge in [0.05, 0.1) is 12.1 Å². The number of amides is 1. The summed E-state index contributed by atoms with van der Waals surface area (Å²) in [5.41, 5.74) is 0.199. The van der Waals surface area contributed by atoms with E-state index in [-0.39, 0.29) is 30.1 Å². The number of aliphatic hydroxyl groups excluding tert-OH is 1. The lowest BCUT2D eigenvalue weighted by Gasteiger charge is -2.24. The van der Waals surface area contributed by atoms with Gasteiger partial charge in [0.2, 0.25) is 0 Å². The van der Waals surface area contributed by atoms with Gasteiger partial charge in [-0.25, -0.2) is 13.8 Å². The standard InChI is InChI=1S/C18H18F2N2O3/c19-11-4-5-14(20)13(6-11)16-7-12(23)8-22(16)18(24)15-9-25-17(21-15)10-2-1-3-10/h4-6,9-10,12,16,23H,1-3,7-8H2. The van der Waals surface area contributed by atoms with Gasteiger partial charge in [0.1, 0.15) is 17.9 Å². The normalized spacial score (nSPS) is 23.7. The zero-order chi connectivity index (χ0) is 17.6. The van der Waals surface area contributed by atoms with Gasteiger partial charge in [0.15, 0.2) is 11.6 Å². The van der Waals surface area contributed by atoms with Crippen LogP contribution in [0, 0.1) is 11.6 Å². The lowest BCUT2D eigenvalue weighted by molar-refractivity contribution is 0.0707. The number of halogens is 2. The summed E-state index contributed by atoms with van der Waals surface area (Å²) >= 11 is 0. The van der Waals surface area contributed by atoms with Gasteiger partial charge in [-0.1, -0.05) is 6.42 Å². The summed E-state index contributed by atoms with van der Waals surface area (Å²) < 4.78 is 33.1. The van der Waals surface area contributed by atoms with Gasteiger partial charge in [0, 0.05) is 18.0 Å². The smallest absolute Gasteiger partial charge is 0.276 e. The lowest BCUT2D eigenvalue weighted by atomic mass is 9.85. The molecule has 1 saturated carbocycles. The minimum absolute atomic E-state index is 0.0467. The molecule has 1 N–H and O–H groups in total. The first-order valence-corrected chi connectivity index (χ1v) is 8.42. The summed E-state index contributed by atoms with van der Waals surface area (Å²) in [5.74, 6) is -0.836. The number of hydrogen-bond donors (Lipinski definition) is 1. The van der Waals surface area contributed by atoms with Crippen LogP contribution in [0.2, 0.25) is 0 Å². The minimum Gasteiger partial charge on any atom is -0.448 e. The Morgan fingerprint density at radius 2 is 2.12 bits per heavy atom. The molecule has 0 spiro atoms. The molecule has 1 aromatic heterocycles. The molecule has 2 unspecified atom stereocenters. The third kappa shape index (κ3) is 2.93. The van der Waals surface area contributed by atoms with Crippen LogP contribution in [0.4, 0.5) is 8.78 Å². The predicted molar refractivity (Wildman–Crippen MR) is 83.9 cm³/mol. The van der Waals surface area contributed by atoms with Crippen molar-refractivity contribution in [2.45, 2.75) is 43.7 Å². The van der Waals surface area contributed by atoms with Crippen LogP contribution in [0.3, 0.4) is 0 Å². The highest BCUT2D eigenvalue weighted by Crippen LogP contribution is 2.37. The number of aromatic nitrogens is 1. The number of carbonyl (C=O) groups excluding carboxylic acids is 1. The van der Waals surface area contributed by atoms with E-state index in [1.165, 1.54) is 11.2 Å². The van der Waals surface area contributed by atoms with Crippen LogP contribution in [0.1, 0.15) is 59.6 Å². The Bertz CT molecular complexity index is 803. The largest absolute Gasteiger partial charge is 0.448 e. The molecule has 1 aliphatic carbocycles. The molecule has 2 aromatic rings. The molecule has 25 heavy (non-hydrogen) atoms. The molecule has 5 nitrogen and oxygen atoms in total. The van der Waals surface area contributed by atoms with E-state index < -0.39 is 29.7 Å². The number of aliphatic hydroxyl groups is 1. The number of nitrogens with zero attached hydrogens (tertiary/aromatic N) is 2. The molecule has 0 bridgehead atoms. The summed E-state index contributed by atoms with van der Waals surface area (Å²) in [6.45, 7) is 0.0467. The maximum atomic E-state index is 14.1. The van der Waals surface area contributed by atoms with Crippen LogP contribution < -0.4 is 0 Å². The molecule has 2 fully saturated rings. The van der Waals surface area contributed by atoms with E-state index >= 15 is 0 Å². The van der Waals surface area contributed by atoms with Crippen molar-refractivity contribution in [3.63, 3.8) is 0 Å². The summed E-state index contributed by atoms with van der Waals surface area (Å²) in [4.78, 5) is 18.4. The zero-order valence-electron chi connectivity index (χ0n) is 13.5. The molecule has 7 heteroatoms. The first-order chi connectivity index (χ1) is 12.0. The molecule has 4 rings (SSSR count). The van der Waals surface area contributed by atoms with Gasteiger partial charge in [0.25, 0.3) is 5.91 Å². The summed E-state index contributed by atoms with van der Waals surface area (Å²) in [5, 5.41) is 9.97. The Morgan fingerprint density at radius 3 is 2.84 bits per heavy atom. The Kier molecular flexibility index (Phi) is 4.03. The fourth-order valence-corrected chi connectivity index (χ4v) is 3.48. The Balaban J connectivity index is 1.61. The van der Waals surface area contributed by atoms with Gasteiger partial charge >= 0.3 is 0 Å². The van der Waals surface area contributed by atoms with Gasteiger partial charge in [-0.3, -0.25) is 4.79 Å². The van der Waals surface area contributed by atoms with Crippen LogP contribution >= 0.6 is 0 Å². The lowest BCUT2D eigenvalue weighted by Crippen LogP contribution is -2.32. The topological polar surface area (TPSA) is 66.6 Å². The molecule has 0 radical (unpaired) electrons. The van der Waals surface area contributed by atoms with Crippen LogP contribution in [0.15, 0.2) is 28.9 Å². The highest BCUT2D eigenvalue weighted by atomic mass is 19.1. The van der Waals surface area contributed by atoms with Gasteiger partial charge in [-0.2, -0.15) is 0 Å². The van der Waals surface area contributed by atoms with E-state index in [2.05, 4.69) is 4.98 Å². The fraction of sp³-hybridized carbons (Fsp3) is 0.444. The fourth-order valence-electron chi connectivity index (χ4n) is 3.48. The Morgan fingerprint density at radius 1 is 1.32 bits per heavy atom. The molecule has 1 amide bonds. The van der Waals surface area contributed by atoms with Crippen LogP contribution in [0.5, 0.6) is 0 Å². The second-order valence-electron chi connectivity index (χ2n) is 6.73.